The molecule has 0 N–H and O–H groups in total. The van der Waals surface area contributed by atoms with Gasteiger partial charge in [-0.25, -0.2) is 4.98 Å². The predicted molar refractivity (Wildman–Crippen MR) is 43.0 cm³/mol. The van der Waals surface area contributed by atoms with E-state index in [1.807, 2.05) is 11.4 Å². The smallest absolute Gasteiger partial charge is 0.125 e. The third-order valence-corrected chi connectivity index (χ3v) is 2.37. The fourth-order valence-electron chi connectivity index (χ4n) is 0.767. The minimum atomic E-state index is 0.645. The first-order valence-electron chi connectivity index (χ1n) is 2.73. The summed E-state index contributed by atoms with van der Waals surface area (Å²) in [4.78, 5) is 8.90. The molecule has 2 nitrogen and oxygen atoms in total. The Bertz CT molecular complexity index is 355. The van der Waals surface area contributed by atoms with Gasteiger partial charge in [-0.2, -0.15) is 0 Å². The Hall–Kier alpha value is -0.740. The molecule has 2 heterocycles. The van der Waals surface area contributed by atoms with Crippen LogP contribution >= 0.6 is 11.3 Å². The molecule has 0 spiro atoms. The zero-order valence-electron chi connectivity index (χ0n) is 4.94. The van der Waals surface area contributed by atoms with E-state index in [1.54, 1.807) is 11.3 Å². The molecule has 0 bridgehead atoms. The summed E-state index contributed by atoms with van der Waals surface area (Å²) in [6.45, 7) is 0. The second-order valence-corrected chi connectivity index (χ2v) is 3.10. The van der Waals surface area contributed by atoms with Crippen molar-refractivity contribution in [2.45, 2.75) is 5.03 Å². The van der Waals surface area contributed by atoms with Crippen molar-refractivity contribution in [3.63, 3.8) is 0 Å². The van der Waals surface area contributed by atoms with Crippen LogP contribution in [0.1, 0.15) is 0 Å². The van der Waals surface area contributed by atoms with Gasteiger partial charge in [0.05, 0.1) is 0 Å². The van der Waals surface area contributed by atoms with E-state index in [1.165, 1.54) is 6.33 Å². The molecule has 2 aromatic rings. The molecule has 2 aromatic heterocycles. The van der Waals surface area contributed by atoms with Crippen LogP contribution in [0.3, 0.4) is 0 Å². The summed E-state index contributed by atoms with van der Waals surface area (Å²) < 4.78 is 0. The van der Waals surface area contributed by atoms with Crippen LogP contribution in [0, 0.1) is 0 Å². The number of nitrogens with zero attached hydrogens (tertiary/aromatic N) is 2. The number of thiophene rings is 1. The molecule has 0 saturated heterocycles. The molecule has 0 atom stereocenters. The largest absolute Gasteiger partial charge is 0.759 e. The average Bonchev–Trinajstić information content (AvgIpc) is 2.36. The van der Waals surface area contributed by atoms with Gasteiger partial charge in [0.25, 0.3) is 0 Å². The number of fused-ring (bicyclic) bond motifs is 1. The number of rotatable bonds is 0. The van der Waals surface area contributed by atoms with Gasteiger partial charge in [-0.3, -0.25) is 4.98 Å². The lowest BCUT2D eigenvalue weighted by Crippen LogP contribution is -1.80. The highest BCUT2D eigenvalue weighted by Crippen LogP contribution is 2.19. The molecule has 0 fully saturated rings. The summed E-state index contributed by atoms with van der Waals surface area (Å²) in [6, 6.07) is 1.95. The zero-order chi connectivity index (χ0) is 6.97. The average molecular weight is 167 g/mol. The van der Waals surface area contributed by atoms with Gasteiger partial charge in [0.15, 0.2) is 0 Å². The second kappa shape index (κ2) is 2.14. The minimum Gasteiger partial charge on any atom is -0.759 e. The Morgan fingerprint density at radius 3 is 3.10 bits per heavy atom. The third-order valence-electron chi connectivity index (χ3n) is 1.23. The molecule has 0 aromatic carbocycles. The van der Waals surface area contributed by atoms with E-state index in [4.69, 9.17) is 12.6 Å². The number of hydrogen-bond acceptors (Lipinski definition) is 4. The molecule has 10 heavy (non-hydrogen) atoms. The van der Waals surface area contributed by atoms with Gasteiger partial charge in [0.1, 0.15) is 11.2 Å². The summed E-state index contributed by atoms with van der Waals surface area (Å²) in [7, 11) is 0. The Morgan fingerprint density at radius 1 is 1.40 bits per heavy atom. The molecule has 0 amide bonds. The first kappa shape index (κ1) is 6.00. The summed E-state index contributed by atoms with van der Waals surface area (Å²) in [5, 5.41) is 3.60. The topological polar surface area (TPSA) is 25.8 Å². The standard InChI is InChI=1S/C6H4N2S2/c9-5-4-1-2-10-6(4)8-3-7-5/h1-3H,(H,7,8,9)/p-1. The molecular weight excluding hydrogens is 164 g/mol. The maximum absolute atomic E-state index is 4.96. The van der Waals surface area contributed by atoms with E-state index < -0.39 is 0 Å². The Labute approximate surface area is 67.3 Å². The lowest BCUT2D eigenvalue weighted by atomic mass is 10.4. The molecule has 4 heteroatoms. The lowest BCUT2D eigenvalue weighted by molar-refractivity contribution is 1.11. The molecule has 0 aliphatic rings. The highest BCUT2D eigenvalue weighted by molar-refractivity contribution is 7.59. The predicted octanol–water partition coefficient (Wildman–Crippen LogP) is 1.60. The fraction of sp³-hybridized carbons (Fsp3) is 0. The van der Waals surface area contributed by atoms with Crippen molar-refractivity contribution in [3.05, 3.63) is 17.8 Å². The third kappa shape index (κ3) is 0.767. The maximum Gasteiger partial charge on any atom is 0.125 e. The van der Waals surface area contributed by atoms with Gasteiger partial charge in [-0.15, -0.1) is 11.3 Å². The minimum absolute atomic E-state index is 0.645. The van der Waals surface area contributed by atoms with E-state index in [0.29, 0.717) is 5.03 Å². The fourth-order valence-corrected chi connectivity index (χ4v) is 1.78. The van der Waals surface area contributed by atoms with Crippen molar-refractivity contribution in [2.75, 3.05) is 0 Å². The second-order valence-electron chi connectivity index (χ2n) is 1.82. The molecule has 0 saturated carbocycles. The van der Waals surface area contributed by atoms with Crippen LogP contribution < -0.4 is 0 Å². The SMILES string of the molecule is [S-]c1ncnc2sccc12. The summed E-state index contributed by atoms with van der Waals surface area (Å²) >= 11 is 6.55. The number of aromatic nitrogens is 2. The van der Waals surface area contributed by atoms with Crippen LogP contribution in [0.2, 0.25) is 0 Å². The van der Waals surface area contributed by atoms with Crippen molar-refractivity contribution < 1.29 is 0 Å². The maximum atomic E-state index is 4.96. The lowest BCUT2D eigenvalue weighted by Gasteiger charge is -2.02. The van der Waals surface area contributed by atoms with Gasteiger partial charge in [-0.05, 0) is 11.4 Å². The Morgan fingerprint density at radius 2 is 2.30 bits per heavy atom. The normalized spacial score (nSPS) is 10.4. The van der Waals surface area contributed by atoms with Crippen molar-refractivity contribution in [1.29, 1.82) is 0 Å². The van der Waals surface area contributed by atoms with E-state index in [2.05, 4.69) is 9.97 Å². The van der Waals surface area contributed by atoms with E-state index in [-0.39, 0.29) is 0 Å². The summed E-state index contributed by atoms with van der Waals surface area (Å²) in [6.07, 6.45) is 1.50. The van der Waals surface area contributed by atoms with Crippen molar-refractivity contribution in [1.82, 2.24) is 9.97 Å². The van der Waals surface area contributed by atoms with Gasteiger partial charge < -0.3 is 12.6 Å². The van der Waals surface area contributed by atoms with Gasteiger partial charge >= 0.3 is 0 Å². The molecule has 0 unspecified atom stereocenters. The molecule has 2 rings (SSSR count). The van der Waals surface area contributed by atoms with Crippen molar-refractivity contribution >= 4 is 34.2 Å². The molecule has 0 aliphatic carbocycles. The number of hydrogen-bond donors (Lipinski definition) is 0. The monoisotopic (exact) mass is 167 g/mol. The molecule has 0 aliphatic heterocycles. The Balaban J connectivity index is 2.95. The van der Waals surface area contributed by atoms with Crippen molar-refractivity contribution in [2.24, 2.45) is 0 Å². The summed E-state index contributed by atoms with van der Waals surface area (Å²) in [5.41, 5.74) is 0. The highest BCUT2D eigenvalue weighted by Gasteiger charge is 1.92. The van der Waals surface area contributed by atoms with Crippen LogP contribution in [0.4, 0.5) is 0 Å². The molecular formula is C6H3N2S2-. The van der Waals surface area contributed by atoms with Gasteiger partial charge in [0.2, 0.25) is 0 Å². The quantitative estimate of drug-likeness (QED) is 0.440. The van der Waals surface area contributed by atoms with Crippen LogP contribution in [0.15, 0.2) is 22.8 Å². The zero-order valence-corrected chi connectivity index (χ0v) is 6.58. The van der Waals surface area contributed by atoms with Crippen LogP contribution in [-0.2, 0) is 12.6 Å². The van der Waals surface area contributed by atoms with E-state index >= 15 is 0 Å². The first-order chi connectivity index (χ1) is 4.88. The summed E-state index contributed by atoms with van der Waals surface area (Å²) in [5.74, 6) is 0. The van der Waals surface area contributed by atoms with E-state index in [9.17, 15) is 0 Å². The van der Waals surface area contributed by atoms with Crippen LogP contribution in [0.5, 0.6) is 0 Å². The Kier molecular flexibility index (Phi) is 1.28. The molecule has 0 radical (unpaired) electrons. The first-order valence-corrected chi connectivity index (χ1v) is 4.02. The van der Waals surface area contributed by atoms with Crippen molar-refractivity contribution in [3.8, 4) is 0 Å². The van der Waals surface area contributed by atoms with Crippen LogP contribution in [0.25, 0.3) is 10.2 Å². The van der Waals surface area contributed by atoms with Crippen LogP contribution in [-0.4, -0.2) is 9.97 Å². The molecule has 50 valence electrons. The van der Waals surface area contributed by atoms with Gasteiger partial charge in [-0.1, -0.05) is 5.03 Å². The van der Waals surface area contributed by atoms with Gasteiger partial charge in [0, 0.05) is 5.39 Å². The highest BCUT2D eigenvalue weighted by atomic mass is 32.1. The van der Waals surface area contributed by atoms with E-state index in [0.717, 1.165) is 10.2 Å².